The van der Waals surface area contributed by atoms with E-state index in [-0.39, 0.29) is 6.04 Å². The van der Waals surface area contributed by atoms with Gasteiger partial charge in [0.15, 0.2) is 0 Å². The fourth-order valence-electron chi connectivity index (χ4n) is 4.37. The first-order valence-corrected chi connectivity index (χ1v) is 10.2. The van der Waals surface area contributed by atoms with Crippen LogP contribution in [0.4, 0.5) is 0 Å². The molecule has 0 saturated heterocycles. The molecule has 2 aromatic heterocycles. The Morgan fingerprint density at radius 3 is 2.33 bits per heavy atom. The highest BCUT2D eigenvalue weighted by molar-refractivity contribution is 5.99. The van der Waals surface area contributed by atoms with Gasteiger partial charge in [-0.05, 0) is 49.8 Å². The van der Waals surface area contributed by atoms with Gasteiger partial charge in [0.2, 0.25) is 0 Å². The summed E-state index contributed by atoms with van der Waals surface area (Å²) >= 11 is 0. The van der Waals surface area contributed by atoms with Gasteiger partial charge in [0.05, 0.1) is 17.7 Å². The summed E-state index contributed by atoms with van der Waals surface area (Å²) < 4.78 is 0. The molecule has 0 aliphatic rings. The predicted octanol–water partition coefficient (Wildman–Crippen LogP) is 6.03. The van der Waals surface area contributed by atoms with Crippen molar-refractivity contribution in [3.05, 3.63) is 78.2 Å². The summed E-state index contributed by atoms with van der Waals surface area (Å²) in [7, 11) is 4.22. The van der Waals surface area contributed by atoms with Crippen LogP contribution in [0.3, 0.4) is 0 Å². The topological polar surface area (TPSA) is 55.7 Å². The molecule has 0 bridgehead atoms. The first-order valence-electron chi connectivity index (χ1n) is 10.2. The van der Waals surface area contributed by atoms with Crippen molar-refractivity contribution in [3.8, 4) is 28.3 Å². The molecule has 1 atom stereocenters. The van der Waals surface area contributed by atoms with Crippen LogP contribution in [0.25, 0.3) is 33.2 Å². The third kappa shape index (κ3) is 3.60. The molecule has 0 aliphatic carbocycles. The highest BCUT2D eigenvalue weighted by Crippen LogP contribution is 2.40. The van der Waals surface area contributed by atoms with Crippen LogP contribution in [0.15, 0.2) is 67.0 Å². The molecule has 4 heteroatoms. The Kier molecular flexibility index (Phi) is 5.39. The molecule has 2 heterocycles. The molecule has 1 N–H and O–H groups in total. The van der Waals surface area contributed by atoms with Crippen LogP contribution < -0.4 is 0 Å². The highest BCUT2D eigenvalue weighted by atomic mass is 15.1. The molecule has 2 aromatic carbocycles. The molecule has 0 aliphatic heterocycles. The van der Waals surface area contributed by atoms with Crippen LogP contribution in [-0.4, -0.2) is 29.0 Å². The minimum absolute atomic E-state index is 0.207. The molecule has 0 fully saturated rings. The van der Waals surface area contributed by atoms with E-state index >= 15 is 0 Å². The molecule has 1 unspecified atom stereocenters. The number of nitrogens with one attached hydrogen (secondary N) is 1. The largest absolute Gasteiger partial charge is 0.357 e. The molecule has 4 aromatic rings. The van der Waals surface area contributed by atoms with Crippen LogP contribution in [0.1, 0.15) is 31.1 Å². The number of pyridine rings is 1. The van der Waals surface area contributed by atoms with Gasteiger partial charge >= 0.3 is 0 Å². The summed E-state index contributed by atoms with van der Waals surface area (Å²) in [5.74, 6) is 0.410. The van der Waals surface area contributed by atoms with Crippen molar-refractivity contribution < 1.29 is 0 Å². The highest BCUT2D eigenvalue weighted by Gasteiger charge is 2.26. The van der Waals surface area contributed by atoms with Crippen LogP contribution in [0, 0.1) is 17.2 Å². The number of hydrogen-bond donors (Lipinski definition) is 1. The third-order valence-electron chi connectivity index (χ3n) is 5.57. The van der Waals surface area contributed by atoms with Crippen molar-refractivity contribution in [2.45, 2.75) is 19.9 Å². The summed E-state index contributed by atoms with van der Waals surface area (Å²) in [6, 6.07) is 20.8. The van der Waals surface area contributed by atoms with Crippen LogP contribution in [-0.2, 0) is 0 Å². The van der Waals surface area contributed by atoms with Crippen molar-refractivity contribution >= 4 is 10.9 Å². The summed E-state index contributed by atoms with van der Waals surface area (Å²) in [5, 5.41) is 10.5. The molecule has 4 nitrogen and oxygen atoms in total. The molecular weight excluding hydrogens is 368 g/mol. The van der Waals surface area contributed by atoms with E-state index in [1.807, 2.05) is 48.8 Å². The number of benzene rings is 2. The molecule has 0 amide bonds. The van der Waals surface area contributed by atoms with Gasteiger partial charge in [0, 0.05) is 45.7 Å². The fraction of sp³-hybridized carbons (Fsp3) is 0.231. The Morgan fingerprint density at radius 1 is 0.933 bits per heavy atom. The van der Waals surface area contributed by atoms with Gasteiger partial charge in [-0.2, -0.15) is 5.26 Å². The van der Waals surface area contributed by atoms with E-state index in [0.717, 1.165) is 38.9 Å². The Hall–Kier alpha value is -3.42. The summed E-state index contributed by atoms with van der Waals surface area (Å²) in [6.45, 7) is 4.47. The second-order valence-electron chi connectivity index (χ2n) is 8.27. The van der Waals surface area contributed by atoms with E-state index in [4.69, 9.17) is 0 Å². The lowest BCUT2D eigenvalue weighted by Crippen LogP contribution is -2.25. The number of nitriles is 1. The zero-order chi connectivity index (χ0) is 21.3. The molecule has 30 heavy (non-hydrogen) atoms. The maximum Gasteiger partial charge on any atom is 0.0991 e. The van der Waals surface area contributed by atoms with Gasteiger partial charge in [-0.1, -0.05) is 44.2 Å². The average Bonchev–Trinajstić information content (AvgIpc) is 3.11. The smallest absolute Gasteiger partial charge is 0.0991 e. The number of nitrogens with zero attached hydrogens (tertiary/aromatic N) is 3. The van der Waals surface area contributed by atoms with E-state index in [2.05, 4.69) is 67.1 Å². The van der Waals surface area contributed by atoms with E-state index in [1.165, 1.54) is 0 Å². The zero-order valence-electron chi connectivity index (χ0n) is 17.8. The molecule has 150 valence electrons. The first-order chi connectivity index (χ1) is 14.5. The number of rotatable bonds is 5. The normalized spacial score (nSPS) is 12.4. The third-order valence-corrected chi connectivity index (χ3v) is 5.57. The number of fused-ring (bicyclic) bond motifs is 1. The SMILES string of the molecule is CC(C)C(c1[nH]c2ccc(C#N)cc2c1-c1cncc(-c2ccccc2)c1)N(C)C. The van der Waals surface area contributed by atoms with Crippen molar-refractivity contribution in [3.63, 3.8) is 0 Å². The second-order valence-corrected chi connectivity index (χ2v) is 8.27. The first kappa shape index (κ1) is 19.9. The average molecular weight is 395 g/mol. The quantitative estimate of drug-likeness (QED) is 0.450. The predicted molar refractivity (Wildman–Crippen MR) is 123 cm³/mol. The second kappa shape index (κ2) is 8.14. The van der Waals surface area contributed by atoms with Gasteiger partial charge in [-0.25, -0.2) is 0 Å². The summed E-state index contributed by atoms with van der Waals surface area (Å²) in [5.41, 5.74) is 7.26. The standard InChI is InChI=1S/C26H26N4/c1-17(2)26(30(3)4)25-24(22-12-18(14-27)10-11-23(22)29-25)21-13-20(15-28-16-21)19-8-6-5-7-9-19/h5-13,15-17,26,29H,1-4H3. The van der Waals surface area contributed by atoms with E-state index in [1.54, 1.807) is 0 Å². The van der Waals surface area contributed by atoms with Gasteiger partial charge in [0.1, 0.15) is 0 Å². The lowest BCUT2D eigenvalue weighted by Gasteiger charge is -2.28. The van der Waals surface area contributed by atoms with Gasteiger partial charge < -0.3 is 9.88 Å². The van der Waals surface area contributed by atoms with Crippen LogP contribution in [0.5, 0.6) is 0 Å². The Labute approximate surface area is 177 Å². The molecule has 0 spiro atoms. The van der Waals surface area contributed by atoms with Gasteiger partial charge in [-0.15, -0.1) is 0 Å². The molecular formula is C26H26N4. The lowest BCUT2D eigenvalue weighted by atomic mass is 9.92. The Balaban J connectivity index is 1.99. The summed E-state index contributed by atoms with van der Waals surface area (Å²) in [4.78, 5) is 10.5. The maximum absolute atomic E-state index is 9.46. The Bertz CT molecular complexity index is 1210. The van der Waals surface area contributed by atoms with Crippen molar-refractivity contribution in [1.82, 2.24) is 14.9 Å². The minimum Gasteiger partial charge on any atom is -0.357 e. The van der Waals surface area contributed by atoms with Gasteiger partial charge in [-0.3, -0.25) is 4.98 Å². The van der Waals surface area contributed by atoms with Crippen molar-refractivity contribution in [1.29, 1.82) is 5.26 Å². The Morgan fingerprint density at radius 2 is 1.67 bits per heavy atom. The maximum atomic E-state index is 9.46. The van der Waals surface area contributed by atoms with Gasteiger partial charge in [0.25, 0.3) is 0 Å². The zero-order valence-corrected chi connectivity index (χ0v) is 17.8. The minimum atomic E-state index is 0.207. The lowest BCUT2D eigenvalue weighted by molar-refractivity contribution is 0.232. The van der Waals surface area contributed by atoms with Crippen LogP contribution >= 0.6 is 0 Å². The number of aromatic amines is 1. The summed E-state index contributed by atoms with van der Waals surface area (Å²) in [6.07, 6.45) is 3.82. The number of H-pyrrole nitrogens is 1. The molecule has 4 rings (SSSR count). The monoisotopic (exact) mass is 394 g/mol. The van der Waals surface area contributed by atoms with Crippen molar-refractivity contribution in [2.75, 3.05) is 14.1 Å². The fourth-order valence-corrected chi connectivity index (χ4v) is 4.37. The van der Waals surface area contributed by atoms with Crippen molar-refractivity contribution in [2.24, 2.45) is 5.92 Å². The van der Waals surface area contributed by atoms with E-state index in [0.29, 0.717) is 11.5 Å². The van der Waals surface area contributed by atoms with E-state index < -0.39 is 0 Å². The molecule has 0 saturated carbocycles. The van der Waals surface area contributed by atoms with Crippen LogP contribution in [0.2, 0.25) is 0 Å². The van der Waals surface area contributed by atoms with E-state index in [9.17, 15) is 5.26 Å². The number of aromatic nitrogens is 2. The molecule has 0 radical (unpaired) electrons. The number of hydrogen-bond acceptors (Lipinski definition) is 3.